The standard InChI is InChI=1S/C2HN2O.CH3O.Sn/c1-3-4-2-5-1;1-2;/h1H;2H,1H2;. The fourth-order valence-corrected chi connectivity index (χ4v) is 1.46. The van der Waals surface area contributed by atoms with E-state index >= 15 is 0 Å². The molecule has 0 amide bonds. The number of aromatic nitrogens is 2. The van der Waals surface area contributed by atoms with Crippen molar-refractivity contribution in [2.24, 2.45) is 0 Å². The number of aliphatic hydroxyl groups is 1. The number of nitrogens with zero attached hydrogens (tertiary/aromatic N) is 2. The van der Waals surface area contributed by atoms with Crippen LogP contribution >= 0.6 is 0 Å². The van der Waals surface area contributed by atoms with Crippen LogP contribution in [0.3, 0.4) is 0 Å². The maximum atomic E-state index is 8.39. The Morgan fingerprint density at radius 2 is 2.75 bits per heavy atom. The van der Waals surface area contributed by atoms with Gasteiger partial charge in [0.05, 0.1) is 0 Å². The second kappa shape index (κ2) is 3.03. The van der Waals surface area contributed by atoms with Gasteiger partial charge in [0.15, 0.2) is 0 Å². The van der Waals surface area contributed by atoms with E-state index in [0.29, 0.717) is 3.91 Å². The molecule has 0 aliphatic rings. The van der Waals surface area contributed by atoms with Crippen molar-refractivity contribution < 1.29 is 9.52 Å². The van der Waals surface area contributed by atoms with Gasteiger partial charge in [-0.2, -0.15) is 0 Å². The Morgan fingerprint density at radius 1 is 1.88 bits per heavy atom. The molecular formula is C3H4N2O2Sn. The van der Waals surface area contributed by atoms with Crippen molar-refractivity contribution in [1.29, 1.82) is 0 Å². The first-order valence-corrected chi connectivity index (χ1v) is 5.49. The average Bonchev–Trinajstić information content (AvgIpc) is 2.19. The molecule has 5 heteroatoms. The van der Waals surface area contributed by atoms with Gasteiger partial charge in [0, 0.05) is 0 Å². The molecule has 0 aliphatic heterocycles. The first kappa shape index (κ1) is 6.03. The van der Waals surface area contributed by atoms with Crippen LogP contribution in [0, 0.1) is 0 Å². The predicted octanol–water partition coefficient (Wildman–Crippen LogP) is -1.65. The Morgan fingerprint density at radius 3 is 3.25 bits per heavy atom. The summed E-state index contributed by atoms with van der Waals surface area (Å²) in [6, 6.07) is 0. The first-order valence-electron chi connectivity index (χ1n) is 2.04. The number of rotatable bonds is 2. The van der Waals surface area contributed by atoms with E-state index in [2.05, 4.69) is 10.2 Å². The molecule has 0 fully saturated rings. The van der Waals surface area contributed by atoms with E-state index < -0.39 is 21.1 Å². The molecule has 0 saturated carbocycles. The van der Waals surface area contributed by atoms with Crippen LogP contribution in [0.1, 0.15) is 0 Å². The van der Waals surface area contributed by atoms with E-state index in [1.165, 1.54) is 6.39 Å². The first-order chi connectivity index (χ1) is 3.93. The SMILES string of the molecule is O[CH2][Sn][c]1nnco1. The molecule has 0 spiro atoms. The summed E-state index contributed by atoms with van der Waals surface area (Å²) in [4.78, 5) is 0. The van der Waals surface area contributed by atoms with Crippen LogP contribution in [-0.2, 0) is 0 Å². The number of hydrogen-bond donors (Lipinski definition) is 1. The van der Waals surface area contributed by atoms with E-state index in [1.54, 1.807) is 0 Å². The summed E-state index contributed by atoms with van der Waals surface area (Å²) in [5.74, 6) is 0. The van der Waals surface area contributed by atoms with Gasteiger partial charge in [-0.05, 0) is 0 Å². The number of hydrogen-bond acceptors (Lipinski definition) is 4. The van der Waals surface area contributed by atoms with Gasteiger partial charge in [0.1, 0.15) is 0 Å². The molecule has 0 aliphatic carbocycles. The van der Waals surface area contributed by atoms with Crippen molar-refractivity contribution in [2.75, 3.05) is 4.62 Å². The van der Waals surface area contributed by atoms with Gasteiger partial charge in [-0.25, -0.2) is 0 Å². The van der Waals surface area contributed by atoms with Crippen LogP contribution in [0.2, 0.25) is 0 Å². The molecule has 1 rings (SSSR count). The van der Waals surface area contributed by atoms with Crippen LogP contribution in [0.5, 0.6) is 0 Å². The molecule has 1 aromatic heterocycles. The molecule has 1 aromatic rings. The summed E-state index contributed by atoms with van der Waals surface area (Å²) < 4.78 is 5.64. The topological polar surface area (TPSA) is 59.2 Å². The Balaban J connectivity index is 2.50. The van der Waals surface area contributed by atoms with Gasteiger partial charge in [-0.1, -0.05) is 0 Å². The van der Waals surface area contributed by atoms with Gasteiger partial charge in [0.2, 0.25) is 0 Å². The summed E-state index contributed by atoms with van der Waals surface area (Å²) in [6.07, 6.45) is 1.28. The summed E-state index contributed by atoms with van der Waals surface area (Å²) in [5.41, 5.74) is 0. The minimum atomic E-state index is -0.887. The summed E-state index contributed by atoms with van der Waals surface area (Å²) in [7, 11) is 0. The van der Waals surface area contributed by atoms with Crippen molar-refractivity contribution in [1.82, 2.24) is 10.2 Å². The molecule has 8 heavy (non-hydrogen) atoms. The van der Waals surface area contributed by atoms with Crippen LogP contribution in [0.25, 0.3) is 0 Å². The molecule has 4 nitrogen and oxygen atoms in total. The molecular weight excluding hydrogens is 215 g/mol. The quantitative estimate of drug-likeness (QED) is 0.605. The van der Waals surface area contributed by atoms with Crippen molar-refractivity contribution in [3.63, 3.8) is 0 Å². The maximum absolute atomic E-state index is 8.39. The van der Waals surface area contributed by atoms with E-state index in [0.717, 1.165) is 0 Å². The third-order valence-electron chi connectivity index (χ3n) is 0.590. The summed E-state index contributed by atoms with van der Waals surface area (Å²) >= 11 is -0.887. The normalized spacial score (nSPS) is 9.62. The van der Waals surface area contributed by atoms with Crippen molar-refractivity contribution in [3.05, 3.63) is 6.39 Å². The van der Waals surface area contributed by atoms with Crippen LogP contribution in [0.4, 0.5) is 0 Å². The Hall–Kier alpha value is -0.101. The zero-order valence-electron chi connectivity index (χ0n) is 4.03. The number of aliphatic hydroxyl groups excluding tert-OH is 1. The third kappa shape index (κ3) is 1.44. The zero-order chi connectivity index (χ0) is 5.82. The van der Waals surface area contributed by atoms with E-state index in [-0.39, 0.29) is 4.62 Å². The molecule has 1 heterocycles. The van der Waals surface area contributed by atoms with Gasteiger partial charge in [-0.3, -0.25) is 0 Å². The predicted molar refractivity (Wildman–Crippen MR) is 26.8 cm³/mol. The Kier molecular flexibility index (Phi) is 2.28. The Labute approximate surface area is 56.1 Å². The zero-order valence-corrected chi connectivity index (χ0v) is 6.89. The van der Waals surface area contributed by atoms with Crippen molar-refractivity contribution in [3.8, 4) is 0 Å². The Bertz CT molecular complexity index is 141. The molecule has 0 atom stereocenters. The fraction of sp³-hybridized carbons (Fsp3) is 0.333. The van der Waals surface area contributed by atoms with Crippen molar-refractivity contribution in [2.45, 2.75) is 0 Å². The third-order valence-corrected chi connectivity index (χ3v) is 2.53. The summed E-state index contributed by atoms with van der Waals surface area (Å²) in [5, 5.41) is 15.4. The van der Waals surface area contributed by atoms with Gasteiger partial charge >= 0.3 is 55.8 Å². The molecule has 0 bridgehead atoms. The van der Waals surface area contributed by atoms with Crippen LogP contribution in [0.15, 0.2) is 10.8 Å². The van der Waals surface area contributed by atoms with Crippen LogP contribution in [-0.4, -0.2) is 41.1 Å². The van der Waals surface area contributed by atoms with E-state index in [9.17, 15) is 0 Å². The summed E-state index contributed by atoms with van der Waals surface area (Å²) in [6.45, 7) is 0. The van der Waals surface area contributed by atoms with Crippen LogP contribution < -0.4 is 3.91 Å². The minimum absolute atomic E-state index is 0.228. The molecule has 2 radical (unpaired) electrons. The second-order valence-corrected chi connectivity index (χ2v) is 4.21. The molecule has 1 N–H and O–H groups in total. The molecule has 0 aromatic carbocycles. The molecule has 42 valence electrons. The monoisotopic (exact) mass is 220 g/mol. The molecule has 0 unspecified atom stereocenters. The van der Waals surface area contributed by atoms with Gasteiger partial charge in [-0.15, -0.1) is 0 Å². The molecule has 0 saturated heterocycles. The fourth-order valence-electron chi connectivity index (χ4n) is 0.318. The van der Waals surface area contributed by atoms with Gasteiger partial charge < -0.3 is 0 Å². The van der Waals surface area contributed by atoms with E-state index in [4.69, 9.17) is 9.52 Å². The van der Waals surface area contributed by atoms with E-state index in [1.807, 2.05) is 0 Å². The second-order valence-electron chi connectivity index (χ2n) is 1.08. The average molecular weight is 219 g/mol. The van der Waals surface area contributed by atoms with Crippen molar-refractivity contribution >= 4 is 25.0 Å². The van der Waals surface area contributed by atoms with Gasteiger partial charge in [0.25, 0.3) is 0 Å².